The molecule has 0 radical (unpaired) electrons. The number of aryl methyl sites for hydroxylation is 1. The minimum atomic E-state index is 0.320. The molecule has 0 amide bonds. The molecule has 2 aromatic rings. The van der Waals surface area contributed by atoms with Crippen molar-refractivity contribution in [2.45, 2.75) is 13.5 Å². The van der Waals surface area contributed by atoms with Gasteiger partial charge in [-0.2, -0.15) is 0 Å². The predicted molar refractivity (Wildman–Crippen MR) is 59.0 cm³/mol. The van der Waals surface area contributed by atoms with Crippen molar-refractivity contribution in [3.05, 3.63) is 35.5 Å². The summed E-state index contributed by atoms with van der Waals surface area (Å²) in [6, 6.07) is 7.99. The second-order valence-corrected chi connectivity index (χ2v) is 3.44. The average Bonchev–Trinajstić information content (AvgIpc) is 2.59. The van der Waals surface area contributed by atoms with Gasteiger partial charge < -0.3 is 16.0 Å². The normalized spacial score (nSPS) is 10.5. The van der Waals surface area contributed by atoms with Crippen LogP contribution in [0.2, 0.25) is 0 Å². The summed E-state index contributed by atoms with van der Waals surface area (Å²) in [5, 5.41) is 3.82. The molecule has 0 bridgehead atoms. The lowest BCUT2D eigenvalue weighted by atomic mass is 10.0. The molecule has 1 aromatic heterocycles. The zero-order valence-corrected chi connectivity index (χ0v) is 8.53. The minimum Gasteiger partial charge on any atom is -0.367 e. The van der Waals surface area contributed by atoms with Gasteiger partial charge in [0.2, 0.25) is 5.88 Å². The summed E-state index contributed by atoms with van der Waals surface area (Å²) >= 11 is 0. The fourth-order valence-corrected chi connectivity index (χ4v) is 1.59. The number of nitrogen functional groups attached to an aromatic ring is 1. The topological polar surface area (TPSA) is 78.1 Å². The van der Waals surface area contributed by atoms with Crippen LogP contribution in [0.25, 0.3) is 11.1 Å². The largest absolute Gasteiger partial charge is 0.367 e. The Morgan fingerprint density at radius 1 is 1.40 bits per heavy atom. The standard InChI is InChI=1S/C11H13N3O/c1-7-3-2-4-8(5-7)10-9(6-12)14-15-11(10)13/h2-5H,6,12-13H2,1H3. The Morgan fingerprint density at radius 2 is 2.20 bits per heavy atom. The summed E-state index contributed by atoms with van der Waals surface area (Å²) in [5.41, 5.74) is 14.9. The van der Waals surface area contributed by atoms with Crippen molar-refractivity contribution in [3.63, 3.8) is 0 Å². The molecule has 0 spiro atoms. The third-order valence-corrected chi connectivity index (χ3v) is 2.29. The van der Waals surface area contributed by atoms with Crippen molar-refractivity contribution in [1.29, 1.82) is 0 Å². The highest BCUT2D eigenvalue weighted by molar-refractivity contribution is 5.75. The number of hydrogen-bond donors (Lipinski definition) is 2. The number of benzene rings is 1. The van der Waals surface area contributed by atoms with E-state index in [-0.39, 0.29) is 0 Å². The maximum absolute atomic E-state index is 5.71. The maximum atomic E-state index is 5.71. The average molecular weight is 203 g/mol. The molecular weight excluding hydrogens is 190 g/mol. The van der Waals surface area contributed by atoms with Crippen LogP contribution in [0.15, 0.2) is 28.8 Å². The highest BCUT2D eigenvalue weighted by Gasteiger charge is 2.13. The van der Waals surface area contributed by atoms with Gasteiger partial charge in [0.1, 0.15) is 5.69 Å². The third-order valence-electron chi connectivity index (χ3n) is 2.29. The molecule has 1 heterocycles. The van der Waals surface area contributed by atoms with E-state index in [0.717, 1.165) is 16.7 Å². The van der Waals surface area contributed by atoms with E-state index >= 15 is 0 Å². The van der Waals surface area contributed by atoms with Crippen molar-refractivity contribution >= 4 is 5.88 Å². The fourth-order valence-electron chi connectivity index (χ4n) is 1.59. The molecule has 0 atom stereocenters. The Kier molecular flexibility index (Phi) is 2.43. The van der Waals surface area contributed by atoms with E-state index in [0.29, 0.717) is 18.1 Å². The van der Waals surface area contributed by atoms with Crippen molar-refractivity contribution in [3.8, 4) is 11.1 Å². The first-order chi connectivity index (χ1) is 7.22. The molecule has 1 aromatic carbocycles. The van der Waals surface area contributed by atoms with Crippen LogP contribution in [0.4, 0.5) is 5.88 Å². The van der Waals surface area contributed by atoms with Crippen molar-refractivity contribution < 1.29 is 4.52 Å². The van der Waals surface area contributed by atoms with Crippen LogP contribution in [0.3, 0.4) is 0 Å². The van der Waals surface area contributed by atoms with E-state index in [4.69, 9.17) is 16.0 Å². The van der Waals surface area contributed by atoms with E-state index < -0.39 is 0 Å². The quantitative estimate of drug-likeness (QED) is 0.778. The van der Waals surface area contributed by atoms with Crippen LogP contribution in [0.1, 0.15) is 11.3 Å². The van der Waals surface area contributed by atoms with E-state index in [1.54, 1.807) is 0 Å². The molecule has 78 valence electrons. The Labute approximate surface area is 87.9 Å². The summed E-state index contributed by atoms with van der Waals surface area (Å²) in [5.74, 6) is 0.320. The summed E-state index contributed by atoms with van der Waals surface area (Å²) in [6.45, 7) is 2.35. The van der Waals surface area contributed by atoms with Crippen LogP contribution in [0, 0.1) is 6.92 Å². The van der Waals surface area contributed by atoms with Crippen molar-refractivity contribution in [2.75, 3.05) is 5.73 Å². The van der Waals surface area contributed by atoms with E-state index in [9.17, 15) is 0 Å². The fraction of sp³-hybridized carbons (Fsp3) is 0.182. The first-order valence-electron chi connectivity index (χ1n) is 4.73. The number of rotatable bonds is 2. The first kappa shape index (κ1) is 9.73. The van der Waals surface area contributed by atoms with Crippen LogP contribution in [-0.4, -0.2) is 5.16 Å². The molecule has 4 heteroatoms. The van der Waals surface area contributed by atoms with Crippen LogP contribution < -0.4 is 11.5 Å². The SMILES string of the molecule is Cc1cccc(-c2c(CN)noc2N)c1. The van der Waals surface area contributed by atoms with Crippen LogP contribution in [0.5, 0.6) is 0 Å². The Balaban J connectivity index is 2.57. The predicted octanol–water partition coefficient (Wildman–Crippen LogP) is 1.69. The van der Waals surface area contributed by atoms with Gasteiger partial charge in [-0.05, 0) is 12.5 Å². The highest BCUT2D eigenvalue weighted by atomic mass is 16.5. The molecule has 0 unspecified atom stereocenters. The molecule has 15 heavy (non-hydrogen) atoms. The number of anilines is 1. The van der Waals surface area contributed by atoms with E-state index in [1.165, 1.54) is 0 Å². The molecule has 0 aliphatic heterocycles. The monoisotopic (exact) mass is 203 g/mol. The van der Waals surface area contributed by atoms with Gasteiger partial charge in [0.25, 0.3) is 0 Å². The van der Waals surface area contributed by atoms with Gasteiger partial charge in [-0.25, -0.2) is 0 Å². The smallest absolute Gasteiger partial charge is 0.230 e. The van der Waals surface area contributed by atoms with E-state index in [2.05, 4.69) is 5.16 Å². The van der Waals surface area contributed by atoms with Crippen molar-refractivity contribution in [2.24, 2.45) is 5.73 Å². The summed E-state index contributed by atoms with van der Waals surface area (Å²) in [7, 11) is 0. The highest BCUT2D eigenvalue weighted by Crippen LogP contribution is 2.29. The van der Waals surface area contributed by atoms with Gasteiger partial charge in [-0.1, -0.05) is 35.0 Å². The zero-order chi connectivity index (χ0) is 10.8. The summed E-state index contributed by atoms with van der Waals surface area (Å²) in [4.78, 5) is 0. The number of nitrogens with two attached hydrogens (primary N) is 2. The molecule has 4 N–H and O–H groups in total. The molecule has 0 saturated carbocycles. The molecule has 0 aliphatic rings. The van der Waals surface area contributed by atoms with Gasteiger partial charge in [0.15, 0.2) is 0 Å². The third kappa shape index (κ3) is 1.71. The minimum absolute atomic E-state index is 0.320. The maximum Gasteiger partial charge on any atom is 0.230 e. The van der Waals surface area contributed by atoms with Crippen molar-refractivity contribution in [1.82, 2.24) is 5.16 Å². The Hall–Kier alpha value is -1.81. The lowest BCUT2D eigenvalue weighted by Crippen LogP contribution is -1.99. The molecule has 0 aliphatic carbocycles. The van der Waals surface area contributed by atoms with Crippen LogP contribution in [-0.2, 0) is 6.54 Å². The number of hydrogen-bond acceptors (Lipinski definition) is 4. The molecule has 2 rings (SSSR count). The molecule has 0 fully saturated rings. The van der Waals surface area contributed by atoms with E-state index in [1.807, 2.05) is 31.2 Å². The molecule has 0 saturated heterocycles. The Bertz CT molecular complexity index is 476. The Morgan fingerprint density at radius 3 is 2.87 bits per heavy atom. The second kappa shape index (κ2) is 3.74. The number of nitrogens with zero attached hydrogens (tertiary/aromatic N) is 1. The second-order valence-electron chi connectivity index (χ2n) is 3.44. The van der Waals surface area contributed by atoms with Gasteiger partial charge >= 0.3 is 0 Å². The molecular formula is C11H13N3O. The van der Waals surface area contributed by atoms with Gasteiger partial charge in [0.05, 0.1) is 5.56 Å². The zero-order valence-electron chi connectivity index (χ0n) is 8.53. The van der Waals surface area contributed by atoms with Gasteiger partial charge in [0, 0.05) is 6.54 Å². The molecule has 4 nitrogen and oxygen atoms in total. The first-order valence-corrected chi connectivity index (χ1v) is 4.73. The lowest BCUT2D eigenvalue weighted by molar-refractivity contribution is 0.428. The van der Waals surface area contributed by atoms with Gasteiger partial charge in [-0.3, -0.25) is 0 Å². The summed E-state index contributed by atoms with van der Waals surface area (Å²) in [6.07, 6.45) is 0. The van der Waals surface area contributed by atoms with Crippen LogP contribution >= 0.6 is 0 Å². The summed E-state index contributed by atoms with van der Waals surface area (Å²) < 4.78 is 4.93. The lowest BCUT2D eigenvalue weighted by Gasteiger charge is -2.01. The number of aromatic nitrogens is 1. The van der Waals surface area contributed by atoms with Gasteiger partial charge in [-0.15, -0.1) is 0 Å².